The number of carboxylic acids is 1. The Morgan fingerprint density at radius 2 is 2.06 bits per heavy atom. The summed E-state index contributed by atoms with van der Waals surface area (Å²) in [6.45, 7) is 3.85. The van der Waals surface area contributed by atoms with Gasteiger partial charge in [0, 0.05) is 5.56 Å². The Labute approximate surface area is 108 Å². The van der Waals surface area contributed by atoms with Gasteiger partial charge in [-0.1, -0.05) is 6.07 Å². The Kier molecular flexibility index (Phi) is 3.29. The Bertz CT molecular complexity index is 607. The van der Waals surface area contributed by atoms with Crippen molar-refractivity contribution in [3.8, 4) is 17.0 Å². The molecule has 18 heavy (non-hydrogen) atoms. The van der Waals surface area contributed by atoms with E-state index in [0.29, 0.717) is 17.0 Å². The lowest BCUT2D eigenvalue weighted by atomic mass is 10.0. The van der Waals surface area contributed by atoms with Crippen LogP contribution in [0.3, 0.4) is 0 Å². The molecule has 0 unspecified atom stereocenters. The molecule has 0 spiro atoms. The highest BCUT2D eigenvalue weighted by Gasteiger charge is 2.21. The number of hydrogen-bond donors (Lipinski definition) is 1. The molecule has 1 heterocycles. The van der Waals surface area contributed by atoms with Crippen molar-refractivity contribution in [2.24, 2.45) is 0 Å². The Balaban J connectivity index is 2.70. The van der Waals surface area contributed by atoms with Gasteiger partial charge >= 0.3 is 5.97 Å². The van der Waals surface area contributed by atoms with Crippen molar-refractivity contribution in [3.63, 3.8) is 0 Å². The van der Waals surface area contributed by atoms with Crippen molar-refractivity contribution in [2.75, 3.05) is 7.11 Å². The van der Waals surface area contributed by atoms with E-state index in [9.17, 15) is 4.79 Å². The molecule has 0 saturated carbocycles. The normalized spacial score (nSPS) is 10.4. The summed E-state index contributed by atoms with van der Waals surface area (Å²) in [7, 11) is 1.56. The molecular formula is C12H12N2O3S. The van der Waals surface area contributed by atoms with Gasteiger partial charge in [0.15, 0.2) is 5.69 Å². The lowest BCUT2D eigenvalue weighted by Crippen LogP contribution is -2.01. The summed E-state index contributed by atoms with van der Waals surface area (Å²) in [5.41, 5.74) is 2.95. The first-order chi connectivity index (χ1) is 8.54. The van der Waals surface area contributed by atoms with Gasteiger partial charge in [-0.2, -0.15) is 8.75 Å². The van der Waals surface area contributed by atoms with Crippen LogP contribution >= 0.6 is 11.7 Å². The van der Waals surface area contributed by atoms with Crippen molar-refractivity contribution in [3.05, 3.63) is 29.0 Å². The number of nitrogens with zero attached hydrogens (tertiary/aromatic N) is 2. The molecule has 94 valence electrons. The van der Waals surface area contributed by atoms with E-state index in [2.05, 4.69) is 8.75 Å². The second-order valence-electron chi connectivity index (χ2n) is 3.93. The SMILES string of the molecule is COc1c(C)cc(C)cc1-c1nsnc1C(=O)O. The Hall–Kier alpha value is -1.95. The lowest BCUT2D eigenvalue weighted by molar-refractivity contribution is 0.0692. The standard InChI is InChI=1S/C12H12N2O3S/c1-6-4-7(2)11(17-3)8(5-6)9-10(12(15)16)14-18-13-9/h4-5H,1-3H3,(H,15,16). The average Bonchev–Trinajstić information content (AvgIpc) is 2.76. The third-order valence-electron chi connectivity index (χ3n) is 2.57. The first kappa shape index (κ1) is 12.5. The first-order valence-corrected chi connectivity index (χ1v) is 5.99. The molecule has 1 aromatic carbocycles. The van der Waals surface area contributed by atoms with E-state index in [0.717, 1.165) is 22.9 Å². The molecule has 0 saturated heterocycles. The minimum Gasteiger partial charge on any atom is -0.496 e. The molecule has 0 radical (unpaired) electrons. The summed E-state index contributed by atoms with van der Waals surface area (Å²) in [6.07, 6.45) is 0. The quantitative estimate of drug-likeness (QED) is 0.922. The fraction of sp³-hybridized carbons (Fsp3) is 0.250. The van der Waals surface area contributed by atoms with E-state index < -0.39 is 5.97 Å². The molecule has 1 aromatic heterocycles. The Morgan fingerprint density at radius 1 is 1.33 bits per heavy atom. The van der Waals surface area contributed by atoms with Gasteiger partial charge in [0.1, 0.15) is 11.4 Å². The number of hydrogen-bond acceptors (Lipinski definition) is 5. The van der Waals surface area contributed by atoms with E-state index in [1.54, 1.807) is 7.11 Å². The molecule has 0 aliphatic heterocycles. The fourth-order valence-corrected chi connectivity index (χ4v) is 2.46. The maximum atomic E-state index is 11.1. The van der Waals surface area contributed by atoms with Crippen LogP contribution in [0.4, 0.5) is 0 Å². The zero-order chi connectivity index (χ0) is 13.3. The molecule has 0 fully saturated rings. The van der Waals surface area contributed by atoms with Crippen LogP contribution in [-0.2, 0) is 0 Å². The highest BCUT2D eigenvalue weighted by atomic mass is 32.1. The number of carbonyl (C=O) groups is 1. The smallest absolute Gasteiger partial charge is 0.357 e. The molecule has 6 heteroatoms. The van der Waals surface area contributed by atoms with Gasteiger partial charge in [-0.25, -0.2) is 4.79 Å². The van der Waals surface area contributed by atoms with E-state index in [4.69, 9.17) is 9.84 Å². The average molecular weight is 264 g/mol. The number of aryl methyl sites for hydroxylation is 2. The predicted molar refractivity (Wildman–Crippen MR) is 68.3 cm³/mol. The van der Waals surface area contributed by atoms with Crippen LogP contribution in [0.5, 0.6) is 5.75 Å². The summed E-state index contributed by atoms with van der Waals surface area (Å²) < 4.78 is 13.2. The third kappa shape index (κ3) is 2.06. The number of methoxy groups -OCH3 is 1. The van der Waals surface area contributed by atoms with Gasteiger partial charge in [-0.05, 0) is 31.0 Å². The van der Waals surface area contributed by atoms with Crippen LogP contribution < -0.4 is 4.74 Å². The first-order valence-electron chi connectivity index (χ1n) is 5.26. The second kappa shape index (κ2) is 4.73. The summed E-state index contributed by atoms with van der Waals surface area (Å²) in [5.74, 6) is -0.448. The monoisotopic (exact) mass is 264 g/mol. The second-order valence-corrected chi connectivity index (χ2v) is 4.46. The summed E-state index contributed by atoms with van der Waals surface area (Å²) >= 11 is 0.884. The van der Waals surface area contributed by atoms with Crippen molar-refractivity contribution >= 4 is 17.7 Å². The summed E-state index contributed by atoms with van der Waals surface area (Å²) in [4.78, 5) is 11.1. The van der Waals surface area contributed by atoms with Crippen LogP contribution in [0.25, 0.3) is 11.3 Å². The summed E-state index contributed by atoms with van der Waals surface area (Å²) in [6, 6.07) is 3.83. The molecule has 0 bridgehead atoms. The maximum Gasteiger partial charge on any atom is 0.357 e. The van der Waals surface area contributed by atoms with Gasteiger partial charge in [0.2, 0.25) is 0 Å². The van der Waals surface area contributed by atoms with E-state index >= 15 is 0 Å². The molecule has 0 aliphatic carbocycles. The number of aromatic carboxylic acids is 1. The minimum atomic E-state index is -1.08. The van der Waals surface area contributed by atoms with E-state index in [-0.39, 0.29) is 5.69 Å². The van der Waals surface area contributed by atoms with Crippen LogP contribution in [0.1, 0.15) is 21.6 Å². The number of rotatable bonds is 3. The molecule has 0 amide bonds. The molecule has 0 aliphatic rings. The maximum absolute atomic E-state index is 11.1. The minimum absolute atomic E-state index is 0.0386. The van der Waals surface area contributed by atoms with Crippen LogP contribution in [-0.4, -0.2) is 26.9 Å². The highest BCUT2D eigenvalue weighted by molar-refractivity contribution is 6.99. The van der Waals surface area contributed by atoms with Crippen LogP contribution in [0, 0.1) is 13.8 Å². The predicted octanol–water partition coefficient (Wildman–Crippen LogP) is 2.53. The lowest BCUT2D eigenvalue weighted by Gasteiger charge is -2.11. The Morgan fingerprint density at radius 3 is 2.67 bits per heavy atom. The zero-order valence-electron chi connectivity index (χ0n) is 10.2. The molecule has 5 nitrogen and oxygen atoms in total. The van der Waals surface area contributed by atoms with Gasteiger partial charge < -0.3 is 9.84 Å². The van der Waals surface area contributed by atoms with Gasteiger partial charge in [-0.15, -0.1) is 0 Å². The molecular weight excluding hydrogens is 252 g/mol. The molecule has 2 aromatic rings. The van der Waals surface area contributed by atoms with E-state index in [1.165, 1.54) is 0 Å². The molecule has 1 N–H and O–H groups in total. The van der Waals surface area contributed by atoms with Crippen molar-refractivity contribution in [2.45, 2.75) is 13.8 Å². The van der Waals surface area contributed by atoms with Gasteiger partial charge in [0.25, 0.3) is 0 Å². The van der Waals surface area contributed by atoms with Crippen LogP contribution in [0.2, 0.25) is 0 Å². The van der Waals surface area contributed by atoms with E-state index in [1.807, 2.05) is 26.0 Å². The number of carboxylic acid groups (broad SMARTS) is 1. The number of aromatic nitrogens is 2. The van der Waals surface area contributed by atoms with Gasteiger partial charge in [-0.3, -0.25) is 0 Å². The topological polar surface area (TPSA) is 72.3 Å². The number of ether oxygens (including phenoxy) is 1. The molecule has 2 rings (SSSR count). The molecule has 0 atom stereocenters. The summed E-state index contributed by atoms with van der Waals surface area (Å²) in [5, 5.41) is 9.08. The third-order valence-corrected chi connectivity index (χ3v) is 3.10. The van der Waals surface area contributed by atoms with Crippen molar-refractivity contribution in [1.82, 2.24) is 8.75 Å². The van der Waals surface area contributed by atoms with Gasteiger partial charge in [0.05, 0.1) is 18.8 Å². The largest absolute Gasteiger partial charge is 0.496 e. The fourth-order valence-electron chi connectivity index (χ4n) is 1.91. The number of benzene rings is 1. The highest BCUT2D eigenvalue weighted by Crippen LogP contribution is 2.34. The van der Waals surface area contributed by atoms with Crippen LogP contribution in [0.15, 0.2) is 12.1 Å². The van der Waals surface area contributed by atoms with Crippen molar-refractivity contribution in [1.29, 1.82) is 0 Å². The van der Waals surface area contributed by atoms with Crippen molar-refractivity contribution < 1.29 is 14.6 Å². The zero-order valence-corrected chi connectivity index (χ0v) is 11.0.